The average Bonchev–Trinajstić information content (AvgIpc) is 2.47. The predicted molar refractivity (Wildman–Crippen MR) is 87.1 cm³/mol. The van der Waals surface area contributed by atoms with Gasteiger partial charge in [0.25, 0.3) is 0 Å². The molecule has 2 aromatic rings. The van der Waals surface area contributed by atoms with E-state index in [1.807, 2.05) is 36.4 Å². The summed E-state index contributed by atoms with van der Waals surface area (Å²) in [5.74, 6) is 0.0316. The second kappa shape index (κ2) is 6.52. The van der Waals surface area contributed by atoms with Gasteiger partial charge in [0.05, 0.1) is 5.69 Å². The van der Waals surface area contributed by atoms with E-state index in [2.05, 4.69) is 26.1 Å². The largest absolute Gasteiger partial charge is 0.506 e. The van der Waals surface area contributed by atoms with Crippen LogP contribution in [-0.4, -0.2) is 11.2 Å². The number of amides is 1. The maximum atomic E-state index is 11.8. The van der Waals surface area contributed by atoms with E-state index in [4.69, 9.17) is 4.74 Å². The minimum Gasteiger partial charge on any atom is -0.506 e. The highest BCUT2D eigenvalue weighted by molar-refractivity contribution is 5.86. The van der Waals surface area contributed by atoms with Crippen LogP contribution < -0.4 is 5.32 Å². The third-order valence-electron chi connectivity index (χ3n) is 3.31. The normalized spacial score (nSPS) is 11.0. The van der Waals surface area contributed by atoms with Crippen LogP contribution >= 0.6 is 0 Å². The zero-order chi connectivity index (χ0) is 16.2. The number of phenolic OH excluding ortho intramolecular Hbond substituents is 1. The van der Waals surface area contributed by atoms with E-state index in [-0.39, 0.29) is 17.8 Å². The van der Waals surface area contributed by atoms with Crippen LogP contribution in [0.2, 0.25) is 0 Å². The van der Waals surface area contributed by atoms with Gasteiger partial charge < -0.3 is 9.84 Å². The number of aromatic hydroxyl groups is 1. The van der Waals surface area contributed by atoms with Crippen LogP contribution in [0.5, 0.6) is 5.75 Å². The molecule has 0 saturated heterocycles. The van der Waals surface area contributed by atoms with Crippen LogP contribution in [0.25, 0.3) is 0 Å². The van der Waals surface area contributed by atoms with Gasteiger partial charge in [-0.1, -0.05) is 57.2 Å². The standard InChI is InChI=1S/C18H21NO3/c1-18(2,3)14-9-10-15(16(20)11-14)19-17(21)22-12-13-7-5-4-6-8-13/h4-11,20H,12H2,1-3H3,(H,19,21). The van der Waals surface area contributed by atoms with Crippen molar-refractivity contribution in [3.8, 4) is 5.75 Å². The Kier molecular flexibility index (Phi) is 4.71. The molecule has 0 unspecified atom stereocenters. The minimum absolute atomic E-state index is 0.0316. The highest BCUT2D eigenvalue weighted by Crippen LogP contribution is 2.30. The van der Waals surface area contributed by atoms with Gasteiger partial charge in [0.1, 0.15) is 12.4 Å². The van der Waals surface area contributed by atoms with Gasteiger partial charge in [-0.15, -0.1) is 0 Å². The van der Waals surface area contributed by atoms with E-state index < -0.39 is 6.09 Å². The van der Waals surface area contributed by atoms with Gasteiger partial charge in [-0.3, -0.25) is 5.32 Å². The van der Waals surface area contributed by atoms with Gasteiger partial charge in [-0.25, -0.2) is 4.79 Å². The predicted octanol–water partition coefficient (Wildman–Crippen LogP) is 4.44. The average molecular weight is 299 g/mol. The molecule has 1 amide bonds. The Morgan fingerprint density at radius 2 is 1.82 bits per heavy atom. The van der Waals surface area contributed by atoms with Crippen molar-refractivity contribution in [1.29, 1.82) is 0 Å². The number of carbonyl (C=O) groups excluding carboxylic acids is 1. The van der Waals surface area contributed by atoms with Gasteiger partial charge in [0.15, 0.2) is 0 Å². The lowest BCUT2D eigenvalue weighted by Crippen LogP contribution is -2.15. The number of carbonyl (C=O) groups is 1. The Bertz CT molecular complexity index is 645. The van der Waals surface area contributed by atoms with E-state index in [1.165, 1.54) is 0 Å². The summed E-state index contributed by atoms with van der Waals surface area (Å²) in [6, 6.07) is 14.6. The lowest BCUT2D eigenvalue weighted by atomic mass is 9.87. The van der Waals surface area contributed by atoms with Gasteiger partial charge in [-0.2, -0.15) is 0 Å². The highest BCUT2D eigenvalue weighted by Gasteiger charge is 2.16. The van der Waals surface area contributed by atoms with Crippen LogP contribution in [0.15, 0.2) is 48.5 Å². The van der Waals surface area contributed by atoms with E-state index in [9.17, 15) is 9.90 Å². The SMILES string of the molecule is CC(C)(C)c1ccc(NC(=O)OCc2ccccc2)c(O)c1. The fourth-order valence-electron chi connectivity index (χ4n) is 1.97. The zero-order valence-corrected chi connectivity index (χ0v) is 13.1. The first kappa shape index (κ1) is 15.9. The number of hydrogen-bond acceptors (Lipinski definition) is 3. The molecule has 0 aromatic heterocycles. The number of ether oxygens (including phenoxy) is 1. The highest BCUT2D eigenvalue weighted by atomic mass is 16.5. The van der Waals surface area contributed by atoms with Crippen molar-refractivity contribution in [3.63, 3.8) is 0 Å². The molecule has 0 aliphatic carbocycles. The third kappa shape index (κ3) is 4.25. The van der Waals surface area contributed by atoms with Crippen LogP contribution in [0.1, 0.15) is 31.9 Å². The Hall–Kier alpha value is -2.49. The van der Waals surface area contributed by atoms with E-state index in [0.717, 1.165) is 11.1 Å². The maximum Gasteiger partial charge on any atom is 0.412 e. The molecule has 22 heavy (non-hydrogen) atoms. The molecule has 2 aromatic carbocycles. The van der Waals surface area contributed by atoms with Crippen molar-refractivity contribution in [3.05, 3.63) is 59.7 Å². The summed E-state index contributed by atoms with van der Waals surface area (Å²) >= 11 is 0. The molecule has 0 aliphatic heterocycles. The van der Waals surface area contributed by atoms with E-state index in [1.54, 1.807) is 12.1 Å². The molecule has 2 N–H and O–H groups in total. The summed E-state index contributed by atoms with van der Waals surface area (Å²) < 4.78 is 5.12. The van der Waals surface area contributed by atoms with Crippen LogP contribution in [0, 0.1) is 0 Å². The third-order valence-corrected chi connectivity index (χ3v) is 3.31. The first-order valence-corrected chi connectivity index (χ1v) is 7.17. The summed E-state index contributed by atoms with van der Waals surface area (Å²) in [5.41, 5.74) is 2.17. The molecular formula is C18H21NO3. The number of anilines is 1. The van der Waals surface area contributed by atoms with Crippen molar-refractivity contribution in [2.24, 2.45) is 0 Å². The summed E-state index contributed by atoms with van der Waals surface area (Å²) in [4.78, 5) is 11.8. The molecule has 4 nitrogen and oxygen atoms in total. The summed E-state index contributed by atoms with van der Waals surface area (Å²) in [7, 11) is 0. The van der Waals surface area contributed by atoms with Crippen molar-refractivity contribution in [2.75, 3.05) is 5.32 Å². The number of benzene rings is 2. The molecule has 4 heteroatoms. The van der Waals surface area contributed by atoms with Crippen molar-refractivity contribution >= 4 is 11.8 Å². The van der Waals surface area contributed by atoms with Crippen molar-refractivity contribution in [2.45, 2.75) is 32.8 Å². The molecule has 0 aliphatic rings. The molecule has 0 spiro atoms. The second-order valence-corrected chi connectivity index (χ2v) is 6.17. The smallest absolute Gasteiger partial charge is 0.412 e. The van der Waals surface area contributed by atoms with Gasteiger partial charge in [0.2, 0.25) is 0 Å². The van der Waals surface area contributed by atoms with Crippen molar-refractivity contribution in [1.82, 2.24) is 0 Å². The van der Waals surface area contributed by atoms with Gasteiger partial charge >= 0.3 is 6.09 Å². The van der Waals surface area contributed by atoms with Crippen LogP contribution in [0.4, 0.5) is 10.5 Å². The fraction of sp³-hybridized carbons (Fsp3) is 0.278. The summed E-state index contributed by atoms with van der Waals surface area (Å²) in [6.07, 6.45) is -0.595. The second-order valence-electron chi connectivity index (χ2n) is 6.17. The number of phenols is 1. The Morgan fingerprint density at radius 1 is 1.14 bits per heavy atom. The topological polar surface area (TPSA) is 58.6 Å². The Labute approximate surface area is 130 Å². The quantitative estimate of drug-likeness (QED) is 0.824. The first-order chi connectivity index (χ1) is 10.4. The molecule has 0 bridgehead atoms. The molecule has 0 heterocycles. The molecule has 0 fully saturated rings. The molecule has 0 saturated carbocycles. The minimum atomic E-state index is -0.595. The van der Waals surface area contributed by atoms with Gasteiger partial charge in [-0.05, 0) is 28.7 Å². The lowest BCUT2D eigenvalue weighted by molar-refractivity contribution is 0.155. The Morgan fingerprint density at radius 3 is 2.41 bits per heavy atom. The number of nitrogens with one attached hydrogen (secondary N) is 1. The molecular weight excluding hydrogens is 278 g/mol. The molecule has 116 valence electrons. The summed E-state index contributed by atoms with van der Waals surface area (Å²) in [5, 5.41) is 12.6. The maximum absolute atomic E-state index is 11.8. The zero-order valence-electron chi connectivity index (χ0n) is 13.1. The van der Waals surface area contributed by atoms with Crippen LogP contribution in [0.3, 0.4) is 0 Å². The van der Waals surface area contributed by atoms with Crippen molar-refractivity contribution < 1.29 is 14.6 Å². The molecule has 2 rings (SSSR count). The van der Waals surface area contributed by atoms with E-state index >= 15 is 0 Å². The summed E-state index contributed by atoms with van der Waals surface area (Å²) in [6.45, 7) is 6.36. The van der Waals surface area contributed by atoms with Crippen LogP contribution in [-0.2, 0) is 16.8 Å². The Balaban J connectivity index is 1.97. The first-order valence-electron chi connectivity index (χ1n) is 7.17. The number of hydrogen-bond donors (Lipinski definition) is 2. The lowest BCUT2D eigenvalue weighted by Gasteiger charge is -2.20. The van der Waals surface area contributed by atoms with Gasteiger partial charge in [0, 0.05) is 0 Å². The monoisotopic (exact) mass is 299 g/mol. The molecule has 0 radical (unpaired) electrons. The number of rotatable bonds is 3. The fourth-order valence-corrected chi connectivity index (χ4v) is 1.97. The molecule has 0 atom stereocenters. The van der Waals surface area contributed by atoms with E-state index in [0.29, 0.717) is 5.69 Å².